The first-order chi connectivity index (χ1) is 9.08. The SMILES string of the molecule is C[C@H](CNS(=O)(=O)C1CCOCC1)Cc1cccs1. The first kappa shape index (κ1) is 15.0. The van der Waals surface area contributed by atoms with E-state index < -0.39 is 10.0 Å². The van der Waals surface area contributed by atoms with Gasteiger partial charge in [-0.25, -0.2) is 13.1 Å². The lowest BCUT2D eigenvalue weighted by Crippen LogP contribution is -2.39. The molecule has 0 unspecified atom stereocenters. The van der Waals surface area contributed by atoms with Crippen LogP contribution in [0.5, 0.6) is 0 Å². The van der Waals surface area contributed by atoms with E-state index in [1.165, 1.54) is 4.88 Å². The second kappa shape index (κ2) is 6.83. The van der Waals surface area contributed by atoms with Gasteiger partial charge in [0.25, 0.3) is 0 Å². The molecule has 1 atom stereocenters. The number of thiophene rings is 1. The Morgan fingerprint density at radius 1 is 1.47 bits per heavy atom. The number of nitrogens with one attached hydrogen (secondary N) is 1. The normalized spacial score (nSPS) is 19.4. The largest absolute Gasteiger partial charge is 0.381 e. The first-order valence-electron chi connectivity index (χ1n) is 6.66. The molecule has 0 aromatic carbocycles. The smallest absolute Gasteiger partial charge is 0.214 e. The summed E-state index contributed by atoms with van der Waals surface area (Å²) >= 11 is 1.72. The monoisotopic (exact) mass is 303 g/mol. The number of sulfonamides is 1. The summed E-state index contributed by atoms with van der Waals surface area (Å²) in [6.45, 7) is 3.69. The summed E-state index contributed by atoms with van der Waals surface area (Å²) in [6, 6.07) is 4.12. The van der Waals surface area contributed by atoms with Crippen LogP contribution in [0.25, 0.3) is 0 Å². The van der Waals surface area contributed by atoms with Crippen molar-refractivity contribution in [1.82, 2.24) is 4.72 Å². The van der Waals surface area contributed by atoms with E-state index in [1.807, 2.05) is 11.4 Å². The van der Waals surface area contributed by atoms with Crippen molar-refractivity contribution < 1.29 is 13.2 Å². The summed E-state index contributed by atoms with van der Waals surface area (Å²) in [5.74, 6) is 0.313. The van der Waals surface area contributed by atoms with Crippen LogP contribution in [0.1, 0.15) is 24.6 Å². The van der Waals surface area contributed by atoms with Crippen LogP contribution in [0.3, 0.4) is 0 Å². The van der Waals surface area contributed by atoms with Gasteiger partial charge in [0, 0.05) is 24.6 Å². The number of hydrogen-bond donors (Lipinski definition) is 1. The van der Waals surface area contributed by atoms with Gasteiger partial charge in [-0.2, -0.15) is 0 Å². The fraction of sp³-hybridized carbons (Fsp3) is 0.692. The molecule has 1 aliphatic heterocycles. The van der Waals surface area contributed by atoms with E-state index in [1.54, 1.807) is 11.3 Å². The predicted molar refractivity (Wildman–Crippen MR) is 78.0 cm³/mol. The zero-order valence-electron chi connectivity index (χ0n) is 11.2. The third-order valence-electron chi connectivity index (χ3n) is 3.37. The van der Waals surface area contributed by atoms with Crippen molar-refractivity contribution in [2.24, 2.45) is 5.92 Å². The van der Waals surface area contributed by atoms with Gasteiger partial charge in [-0.3, -0.25) is 0 Å². The van der Waals surface area contributed by atoms with Gasteiger partial charge in [-0.15, -0.1) is 11.3 Å². The van der Waals surface area contributed by atoms with Gasteiger partial charge in [-0.1, -0.05) is 13.0 Å². The summed E-state index contributed by atoms with van der Waals surface area (Å²) in [6.07, 6.45) is 2.14. The van der Waals surface area contributed by atoms with Crippen LogP contribution in [0.2, 0.25) is 0 Å². The Kier molecular flexibility index (Phi) is 5.38. The molecule has 1 aromatic heterocycles. The van der Waals surface area contributed by atoms with Crippen LogP contribution >= 0.6 is 11.3 Å². The fourth-order valence-electron chi connectivity index (χ4n) is 2.21. The van der Waals surface area contributed by atoms with E-state index in [9.17, 15) is 8.42 Å². The van der Waals surface area contributed by atoms with Crippen LogP contribution in [0, 0.1) is 5.92 Å². The molecule has 2 heterocycles. The minimum absolute atomic E-state index is 0.282. The maximum absolute atomic E-state index is 12.1. The molecule has 2 rings (SSSR count). The number of ether oxygens (including phenoxy) is 1. The quantitative estimate of drug-likeness (QED) is 0.875. The molecule has 19 heavy (non-hydrogen) atoms. The molecule has 0 spiro atoms. The highest BCUT2D eigenvalue weighted by Gasteiger charge is 2.27. The third-order valence-corrected chi connectivity index (χ3v) is 6.19. The van der Waals surface area contributed by atoms with Gasteiger partial charge in [0.05, 0.1) is 5.25 Å². The highest BCUT2D eigenvalue weighted by molar-refractivity contribution is 7.90. The summed E-state index contributed by atoms with van der Waals surface area (Å²) in [5, 5.41) is 1.77. The maximum Gasteiger partial charge on any atom is 0.214 e. The van der Waals surface area contributed by atoms with Crippen molar-refractivity contribution in [3.8, 4) is 0 Å². The zero-order chi connectivity index (χ0) is 13.7. The molecular weight excluding hydrogens is 282 g/mol. The lowest BCUT2D eigenvalue weighted by atomic mass is 10.1. The van der Waals surface area contributed by atoms with Crippen LogP contribution in [0.15, 0.2) is 17.5 Å². The summed E-state index contributed by atoms with van der Waals surface area (Å²) in [7, 11) is -3.18. The lowest BCUT2D eigenvalue weighted by Gasteiger charge is -2.23. The summed E-state index contributed by atoms with van der Waals surface area (Å²) in [4.78, 5) is 1.30. The van der Waals surface area contributed by atoms with Crippen LogP contribution in [0.4, 0.5) is 0 Å². The van der Waals surface area contributed by atoms with Crippen molar-refractivity contribution >= 4 is 21.4 Å². The molecule has 0 bridgehead atoms. The Hall–Kier alpha value is -0.430. The Bertz CT molecular complexity index is 464. The average molecular weight is 303 g/mol. The summed E-state index contributed by atoms with van der Waals surface area (Å²) in [5.41, 5.74) is 0. The van der Waals surface area contributed by atoms with E-state index >= 15 is 0 Å². The molecule has 0 saturated carbocycles. The van der Waals surface area contributed by atoms with Crippen LogP contribution in [-0.4, -0.2) is 33.4 Å². The maximum atomic E-state index is 12.1. The Morgan fingerprint density at radius 3 is 2.84 bits per heavy atom. The zero-order valence-corrected chi connectivity index (χ0v) is 12.8. The molecule has 0 aliphatic carbocycles. The Labute approximate surface area is 119 Å². The topological polar surface area (TPSA) is 55.4 Å². The Morgan fingerprint density at radius 2 is 2.21 bits per heavy atom. The van der Waals surface area contributed by atoms with Gasteiger partial charge in [0.15, 0.2) is 0 Å². The molecule has 108 valence electrons. The molecule has 1 saturated heterocycles. The molecule has 0 radical (unpaired) electrons. The lowest BCUT2D eigenvalue weighted by molar-refractivity contribution is 0.0981. The second-order valence-corrected chi connectivity index (χ2v) is 8.17. The van der Waals surface area contributed by atoms with Gasteiger partial charge >= 0.3 is 0 Å². The molecule has 1 N–H and O–H groups in total. The van der Waals surface area contributed by atoms with Crippen molar-refractivity contribution in [3.63, 3.8) is 0 Å². The van der Waals surface area contributed by atoms with Gasteiger partial charge < -0.3 is 4.74 Å². The number of rotatable bonds is 6. The highest BCUT2D eigenvalue weighted by atomic mass is 32.2. The average Bonchev–Trinajstić information content (AvgIpc) is 2.90. The van der Waals surface area contributed by atoms with E-state index in [0.717, 1.165) is 6.42 Å². The van der Waals surface area contributed by atoms with Crippen molar-refractivity contribution in [1.29, 1.82) is 0 Å². The van der Waals surface area contributed by atoms with E-state index in [4.69, 9.17) is 4.74 Å². The second-order valence-electron chi connectivity index (χ2n) is 5.09. The third kappa shape index (κ3) is 4.56. The van der Waals surface area contributed by atoms with Crippen molar-refractivity contribution in [2.45, 2.75) is 31.4 Å². The molecule has 1 aliphatic rings. The highest BCUT2D eigenvalue weighted by Crippen LogP contribution is 2.17. The fourth-order valence-corrected chi connectivity index (χ4v) is 4.64. The van der Waals surface area contributed by atoms with E-state index in [2.05, 4.69) is 17.7 Å². The molecule has 1 aromatic rings. The molecule has 1 fully saturated rings. The van der Waals surface area contributed by atoms with Crippen molar-refractivity contribution in [3.05, 3.63) is 22.4 Å². The Balaban J connectivity index is 1.80. The predicted octanol–water partition coefficient (Wildman–Crippen LogP) is 2.03. The molecule has 4 nitrogen and oxygen atoms in total. The van der Waals surface area contributed by atoms with Gasteiger partial charge in [0.1, 0.15) is 0 Å². The van der Waals surface area contributed by atoms with Gasteiger partial charge in [-0.05, 0) is 36.6 Å². The standard InChI is InChI=1S/C13H21NO3S2/c1-11(9-12-3-2-8-18-12)10-14-19(15,16)13-4-6-17-7-5-13/h2-3,8,11,13-14H,4-7,9-10H2,1H3/t11-/m0/s1. The molecule has 6 heteroatoms. The molecule has 0 amide bonds. The van der Waals surface area contributed by atoms with Crippen LogP contribution < -0.4 is 4.72 Å². The van der Waals surface area contributed by atoms with E-state index in [0.29, 0.717) is 38.5 Å². The summed E-state index contributed by atoms with van der Waals surface area (Å²) < 4.78 is 32.2. The van der Waals surface area contributed by atoms with Crippen molar-refractivity contribution in [2.75, 3.05) is 19.8 Å². The van der Waals surface area contributed by atoms with E-state index in [-0.39, 0.29) is 5.25 Å². The van der Waals surface area contributed by atoms with Crippen LogP contribution in [-0.2, 0) is 21.2 Å². The van der Waals surface area contributed by atoms with Gasteiger partial charge in [0.2, 0.25) is 10.0 Å². The first-order valence-corrected chi connectivity index (χ1v) is 9.09. The minimum Gasteiger partial charge on any atom is -0.381 e. The minimum atomic E-state index is -3.18. The number of hydrogen-bond acceptors (Lipinski definition) is 4. The molecular formula is C13H21NO3S2.